The smallest absolute Gasteiger partial charge is 0.339 e. The van der Waals surface area contributed by atoms with E-state index < -0.39 is 36.4 Å². The Morgan fingerprint density at radius 2 is 1.81 bits per heavy atom. The van der Waals surface area contributed by atoms with Gasteiger partial charge in [0.2, 0.25) is 0 Å². The Hall–Kier alpha value is -2.71. The van der Waals surface area contributed by atoms with Gasteiger partial charge in [0.05, 0.1) is 30.0 Å². The van der Waals surface area contributed by atoms with Gasteiger partial charge in [0.25, 0.3) is 0 Å². The van der Waals surface area contributed by atoms with Gasteiger partial charge in [0.15, 0.2) is 0 Å². The number of benzene rings is 1. The van der Waals surface area contributed by atoms with Crippen molar-refractivity contribution in [2.75, 3.05) is 19.8 Å². The van der Waals surface area contributed by atoms with Crippen molar-refractivity contribution in [2.45, 2.75) is 56.8 Å². The second kappa shape index (κ2) is 13.7. The molecule has 0 spiro atoms. The first-order chi connectivity index (χ1) is 17.7. The molecule has 7 atom stereocenters. The molecule has 1 aromatic carbocycles. The number of aliphatic hydroxyl groups excluding tert-OH is 3. The molecule has 1 aliphatic heterocycles. The van der Waals surface area contributed by atoms with Crippen LogP contribution in [0.1, 0.15) is 32.3 Å². The van der Waals surface area contributed by atoms with Crippen molar-refractivity contribution < 1.29 is 43.9 Å². The van der Waals surface area contributed by atoms with E-state index in [1.165, 1.54) is 0 Å². The molecule has 10 heteroatoms. The fourth-order valence-electron chi connectivity index (χ4n) is 3.71. The van der Waals surface area contributed by atoms with Crippen molar-refractivity contribution in [1.29, 1.82) is 0 Å². The molecule has 0 bridgehead atoms. The molecule has 37 heavy (non-hydrogen) atoms. The third-order valence-corrected chi connectivity index (χ3v) is 6.23. The van der Waals surface area contributed by atoms with Crippen LogP contribution in [0.2, 0.25) is 0 Å². The number of hydrogen-bond acceptors (Lipinski definition) is 9. The minimum atomic E-state index is -0.986. The summed E-state index contributed by atoms with van der Waals surface area (Å²) < 4.78 is 21.8. The predicted octanol–water partition coefficient (Wildman–Crippen LogP) is 2.15. The molecule has 7 unspecified atom stereocenters. The Kier molecular flexibility index (Phi) is 10.7. The number of fused-ring (bicyclic) bond motifs is 1. The van der Waals surface area contributed by atoms with E-state index in [-0.39, 0.29) is 31.4 Å². The molecule has 0 saturated heterocycles. The maximum absolute atomic E-state index is 12.7. The van der Waals surface area contributed by atoms with E-state index in [2.05, 4.69) is 9.24 Å². The van der Waals surface area contributed by atoms with Crippen molar-refractivity contribution in [3.05, 3.63) is 59.9 Å². The number of ether oxygens (including phenoxy) is 4. The first-order valence-electron chi connectivity index (χ1n) is 12.3. The molecule has 0 saturated carbocycles. The van der Waals surface area contributed by atoms with E-state index in [1.54, 1.807) is 50.3 Å². The predicted molar refractivity (Wildman–Crippen MR) is 140 cm³/mol. The normalized spacial score (nSPS) is 21.9. The Bertz CT molecular complexity index is 1020. The van der Waals surface area contributed by atoms with Gasteiger partial charge in [-0.2, -0.15) is 0 Å². The highest BCUT2D eigenvalue weighted by atomic mass is 31.0. The van der Waals surface area contributed by atoms with Crippen molar-refractivity contribution in [3.63, 3.8) is 0 Å². The number of carbonyl (C=O) groups is 2. The van der Waals surface area contributed by atoms with Gasteiger partial charge >= 0.3 is 11.9 Å². The first-order valence-corrected chi connectivity index (χ1v) is 13.0. The summed E-state index contributed by atoms with van der Waals surface area (Å²) in [5.41, 5.74) is 0.775. The van der Waals surface area contributed by atoms with Gasteiger partial charge in [-0.3, -0.25) is 4.79 Å². The van der Waals surface area contributed by atoms with Crippen LogP contribution in [0.3, 0.4) is 0 Å². The number of rotatable bonds is 13. The Morgan fingerprint density at radius 1 is 1.08 bits per heavy atom. The second-order valence-corrected chi connectivity index (χ2v) is 10.0. The molecule has 1 heterocycles. The zero-order valence-corrected chi connectivity index (χ0v) is 22.1. The van der Waals surface area contributed by atoms with Gasteiger partial charge in [-0.15, -0.1) is 9.24 Å². The highest BCUT2D eigenvalue weighted by Gasteiger charge is 2.31. The van der Waals surface area contributed by atoms with E-state index in [9.17, 15) is 24.9 Å². The number of esters is 2. The standard InChI is InChI=1S/C27H35O9P/c1-3-23(29)24(30)10-11-33-20-7-4-17(5-8-20)22-12-18-6-9-21(13-25(18)36-27(22)32)34-14-19(28)15-35-26(31)16(2)37/h4-9,12-13,16,18-19,23-25,28-30H,3,10-11,14-15,37H2,1-2H3. The summed E-state index contributed by atoms with van der Waals surface area (Å²) in [4.78, 5) is 24.2. The molecule has 2 aliphatic rings. The second-order valence-electron chi connectivity index (χ2n) is 9.04. The maximum atomic E-state index is 12.7. The Morgan fingerprint density at radius 3 is 2.49 bits per heavy atom. The molecule has 0 radical (unpaired) electrons. The number of aliphatic hydroxyl groups is 3. The zero-order valence-electron chi connectivity index (χ0n) is 21.0. The van der Waals surface area contributed by atoms with Crippen LogP contribution in [0.4, 0.5) is 0 Å². The highest BCUT2D eigenvalue weighted by Crippen LogP contribution is 2.32. The molecular weight excluding hydrogens is 499 g/mol. The van der Waals surface area contributed by atoms with Gasteiger partial charge in [0, 0.05) is 12.3 Å². The number of allylic oxidation sites excluding steroid dienone is 1. The van der Waals surface area contributed by atoms with Crippen LogP contribution in [0.5, 0.6) is 5.75 Å². The average Bonchev–Trinajstić information content (AvgIpc) is 2.89. The lowest BCUT2D eigenvalue weighted by Crippen LogP contribution is -2.31. The molecule has 1 aliphatic carbocycles. The average molecular weight is 535 g/mol. The summed E-state index contributed by atoms with van der Waals surface area (Å²) in [5, 5.41) is 29.4. The Balaban J connectivity index is 1.52. The van der Waals surface area contributed by atoms with Gasteiger partial charge in [-0.25, -0.2) is 4.79 Å². The monoisotopic (exact) mass is 534 g/mol. The third-order valence-electron chi connectivity index (χ3n) is 5.95. The molecule has 3 rings (SSSR count). The lowest BCUT2D eigenvalue weighted by atomic mass is 9.90. The topological polar surface area (TPSA) is 132 Å². The molecule has 0 amide bonds. The molecule has 3 N–H and O–H groups in total. The molecule has 0 fully saturated rings. The van der Waals surface area contributed by atoms with Crippen LogP contribution >= 0.6 is 9.24 Å². The molecular formula is C27H35O9P. The molecule has 0 aromatic heterocycles. The van der Waals surface area contributed by atoms with E-state index >= 15 is 0 Å². The van der Waals surface area contributed by atoms with Crippen LogP contribution < -0.4 is 4.74 Å². The number of hydrogen-bond donors (Lipinski definition) is 3. The Labute approximate surface area is 219 Å². The van der Waals surface area contributed by atoms with Gasteiger partial charge in [-0.05, 0) is 43.2 Å². The quantitative estimate of drug-likeness (QED) is 0.257. The zero-order chi connectivity index (χ0) is 26.9. The molecule has 1 aromatic rings. The van der Waals surface area contributed by atoms with E-state index in [4.69, 9.17) is 18.9 Å². The van der Waals surface area contributed by atoms with Crippen LogP contribution in [0, 0.1) is 5.92 Å². The maximum Gasteiger partial charge on any atom is 0.339 e. The fraction of sp³-hybridized carbons (Fsp3) is 0.481. The van der Waals surface area contributed by atoms with Gasteiger partial charge < -0.3 is 34.3 Å². The van der Waals surface area contributed by atoms with Crippen molar-refractivity contribution in [3.8, 4) is 5.75 Å². The van der Waals surface area contributed by atoms with E-state index in [0.29, 0.717) is 35.5 Å². The summed E-state index contributed by atoms with van der Waals surface area (Å²) >= 11 is 0. The van der Waals surface area contributed by atoms with Crippen LogP contribution in [0.25, 0.3) is 5.57 Å². The SMILES string of the molecule is CCC(O)C(O)CCOc1ccc(C2=CC3C=CC(OCC(O)COC(=O)C(C)P)=CC3OC2=O)cc1. The third kappa shape index (κ3) is 8.40. The minimum absolute atomic E-state index is 0.0757. The summed E-state index contributed by atoms with van der Waals surface area (Å²) in [6.07, 6.45) is 4.81. The summed E-state index contributed by atoms with van der Waals surface area (Å²) in [7, 11) is 2.33. The van der Waals surface area contributed by atoms with Crippen LogP contribution in [-0.4, -0.2) is 77.2 Å². The summed E-state index contributed by atoms with van der Waals surface area (Å²) in [6, 6.07) is 7.01. The minimum Gasteiger partial charge on any atom is -0.493 e. The van der Waals surface area contributed by atoms with Crippen molar-refractivity contribution in [2.24, 2.45) is 5.92 Å². The summed E-state index contributed by atoms with van der Waals surface area (Å²) in [5.74, 6) is -0.0147. The van der Waals surface area contributed by atoms with Crippen molar-refractivity contribution >= 4 is 26.8 Å². The van der Waals surface area contributed by atoms with Gasteiger partial charge in [0.1, 0.15) is 36.9 Å². The summed E-state index contributed by atoms with van der Waals surface area (Å²) in [6.45, 7) is 3.49. The van der Waals surface area contributed by atoms with Crippen molar-refractivity contribution in [1.82, 2.24) is 0 Å². The number of carbonyl (C=O) groups excluding carboxylic acids is 2. The van der Waals surface area contributed by atoms with E-state index in [0.717, 1.165) is 0 Å². The van der Waals surface area contributed by atoms with Crippen LogP contribution in [-0.2, 0) is 23.8 Å². The highest BCUT2D eigenvalue weighted by molar-refractivity contribution is 7.19. The fourth-order valence-corrected chi connectivity index (χ4v) is 3.80. The molecule has 202 valence electrons. The van der Waals surface area contributed by atoms with Gasteiger partial charge in [-0.1, -0.05) is 31.2 Å². The first kappa shape index (κ1) is 28.9. The van der Waals surface area contributed by atoms with Crippen LogP contribution in [0.15, 0.2) is 54.3 Å². The van der Waals surface area contributed by atoms with E-state index in [1.807, 2.05) is 12.2 Å². The lowest BCUT2D eigenvalue weighted by Gasteiger charge is -2.29. The lowest BCUT2D eigenvalue weighted by molar-refractivity contribution is -0.146. The molecule has 9 nitrogen and oxygen atoms in total. The largest absolute Gasteiger partial charge is 0.493 e.